The Morgan fingerprint density at radius 2 is 1.79 bits per heavy atom. The van der Waals surface area contributed by atoms with Gasteiger partial charge in [0.25, 0.3) is 0 Å². The van der Waals surface area contributed by atoms with Crippen LogP contribution in [0.2, 0.25) is 0 Å². The molecule has 0 amide bonds. The zero-order valence-electron chi connectivity index (χ0n) is 16.1. The van der Waals surface area contributed by atoms with Crippen LogP contribution in [0, 0.1) is 0 Å². The number of aromatic nitrogens is 1. The molecule has 0 aliphatic heterocycles. The highest BCUT2D eigenvalue weighted by atomic mass is 16.5. The van der Waals surface area contributed by atoms with Crippen molar-refractivity contribution >= 4 is 16.9 Å². The number of hydrogen-bond donors (Lipinski definition) is 3. The van der Waals surface area contributed by atoms with Gasteiger partial charge in [0, 0.05) is 35.6 Å². The maximum atomic E-state index is 11.8. The largest absolute Gasteiger partial charge is 0.493 e. The van der Waals surface area contributed by atoms with E-state index in [1.54, 1.807) is 20.3 Å². The SMILES string of the molecule is COc1ccc(CN[C@H](Cc2c[nH]c3ccccc23)C(=O)O)c(OC)c1OC. The molecule has 0 aliphatic rings. The van der Waals surface area contributed by atoms with Crippen molar-refractivity contribution in [2.45, 2.75) is 19.0 Å². The van der Waals surface area contributed by atoms with E-state index in [2.05, 4.69) is 10.3 Å². The lowest BCUT2D eigenvalue weighted by Crippen LogP contribution is -2.38. The van der Waals surface area contributed by atoms with Crippen LogP contribution < -0.4 is 19.5 Å². The van der Waals surface area contributed by atoms with Crippen LogP contribution in [0.25, 0.3) is 10.9 Å². The molecule has 0 bridgehead atoms. The zero-order valence-corrected chi connectivity index (χ0v) is 16.1. The Hall–Kier alpha value is -3.19. The number of aromatic amines is 1. The number of carbonyl (C=O) groups is 1. The van der Waals surface area contributed by atoms with E-state index in [0.29, 0.717) is 30.2 Å². The van der Waals surface area contributed by atoms with Crippen LogP contribution >= 0.6 is 0 Å². The van der Waals surface area contributed by atoms with Crippen molar-refractivity contribution in [1.29, 1.82) is 0 Å². The third kappa shape index (κ3) is 3.89. The number of para-hydroxylation sites is 1. The van der Waals surface area contributed by atoms with Crippen LogP contribution in [0.15, 0.2) is 42.6 Å². The van der Waals surface area contributed by atoms with Gasteiger partial charge in [0.2, 0.25) is 5.75 Å². The lowest BCUT2D eigenvalue weighted by atomic mass is 10.0. The minimum Gasteiger partial charge on any atom is -0.493 e. The van der Waals surface area contributed by atoms with E-state index < -0.39 is 12.0 Å². The van der Waals surface area contributed by atoms with E-state index >= 15 is 0 Å². The van der Waals surface area contributed by atoms with E-state index in [-0.39, 0.29) is 0 Å². The third-order valence-corrected chi connectivity index (χ3v) is 4.72. The van der Waals surface area contributed by atoms with E-state index in [1.807, 2.05) is 36.5 Å². The molecule has 0 saturated heterocycles. The molecule has 3 rings (SSSR count). The highest BCUT2D eigenvalue weighted by Gasteiger charge is 2.21. The average molecular weight is 384 g/mol. The number of benzene rings is 2. The van der Waals surface area contributed by atoms with Gasteiger partial charge >= 0.3 is 5.97 Å². The van der Waals surface area contributed by atoms with Gasteiger partial charge < -0.3 is 24.3 Å². The fraction of sp³-hybridized carbons (Fsp3) is 0.286. The van der Waals surface area contributed by atoms with Gasteiger partial charge in [-0.25, -0.2) is 0 Å². The Balaban J connectivity index is 1.80. The molecule has 0 aliphatic carbocycles. The molecule has 7 heteroatoms. The van der Waals surface area contributed by atoms with Gasteiger partial charge in [0.15, 0.2) is 11.5 Å². The number of methoxy groups -OCH3 is 3. The summed E-state index contributed by atoms with van der Waals surface area (Å²) < 4.78 is 16.1. The standard InChI is InChI=1S/C21H24N2O5/c1-26-18-9-8-13(19(27-2)20(18)28-3)11-23-17(21(24)25)10-14-12-22-16-7-5-4-6-15(14)16/h4-9,12,17,22-23H,10-11H2,1-3H3,(H,24,25)/t17-/m1/s1. The van der Waals surface area contributed by atoms with Crippen LogP contribution in [0.5, 0.6) is 17.2 Å². The molecular formula is C21H24N2O5. The molecule has 0 unspecified atom stereocenters. The number of fused-ring (bicyclic) bond motifs is 1. The van der Waals surface area contributed by atoms with E-state index in [4.69, 9.17) is 14.2 Å². The number of nitrogens with one attached hydrogen (secondary N) is 2. The first kappa shape index (κ1) is 19.6. The summed E-state index contributed by atoms with van der Waals surface area (Å²) in [6.07, 6.45) is 2.22. The topological polar surface area (TPSA) is 92.8 Å². The van der Waals surface area contributed by atoms with Crippen molar-refractivity contribution in [2.24, 2.45) is 0 Å². The summed E-state index contributed by atoms with van der Waals surface area (Å²) in [5.41, 5.74) is 2.73. The molecule has 148 valence electrons. The van der Waals surface area contributed by atoms with Crippen molar-refractivity contribution in [3.8, 4) is 17.2 Å². The summed E-state index contributed by atoms with van der Waals surface area (Å²) in [5, 5.41) is 13.8. The predicted molar refractivity (Wildman–Crippen MR) is 106 cm³/mol. The molecule has 0 saturated carbocycles. The molecule has 0 spiro atoms. The van der Waals surface area contributed by atoms with Gasteiger partial charge in [-0.3, -0.25) is 10.1 Å². The molecule has 3 aromatic rings. The maximum Gasteiger partial charge on any atom is 0.321 e. The van der Waals surface area contributed by atoms with Crippen molar-refractivity contribution < 1.29 is 24.1 Å². The molecule has 3 N–H and O–H groups in total. The van der Waals surface area contributed by atoms with Gasteiger partial charge in [0.05, 0.1) is 21.3 Å². The molecular weight excluding hydrogens is 360 g/mol. The maximum absolute atomic E-state index is 11.8. The number of carboxylic acids is 1. The minimum atomic E-state index is -0.912. The first-order valence-electron chi connectivity index (χ1n) is 8.88. The number of ether oxygens (including phenoxy) is 3. The van der Waals surface area contributed by atoms with Crippen LogP contribution in [0.4, 0.5) is 0 Å². The van der Waals surface area contributed by atoms with Crippen LogP contribution in [-0.4, -0.2) is 43.4 Å². The fourth-order valence-corrected chi connectivity index (χ4v) is 3.30. The van der Waals surface area contributed by atoms with Gasteiger partial charge in [-0.15, -0.1) is 0 Å². The summed E-state index contributed by atoms with van der Waals surface area (Å²) in [7, 11) is 4.63. The normalized spacial score (nSPS) is 12.0. The Bertz CT molecular complexity index is 967. The summed E-state index contributed by atoms with van der Waals surface area (Å²) >= 11 is 0. The molecule has 1 heterocycles. The van der Waals surface area contributed by atoms with Gasteiger partial charge in [-0.1, -0.05) is 24.3 Å². The summed E-state index contributed by atoms with van der Waals surface area (Å²) in [6, 6.07) is 10.7. The number of aliphatic carboxylic acids is 1. The van der Waals surface area contributed by atoms with E-state index in [1.165, 1.54) is 7.11 Å². The fourth-order valence-electron chi connectivity index (χ4n) is 3.30. The monoisotopic (exact) mass is 384 g/mol. The molecule has 7 nitrogen and oxygen atoms in total. The number of rotatable bonds is 9. The van der Waals surface area contributed by atoms with E-state index in [9.17, 15) is 9.90 Å². The van der Waals surface area contributed by atoms with E-state index in [0.717, 1.165) is 22.0 Å². The zero-order chi connectivity index (χ0) is 20.1. The highest BCUT2D eigenvalue weighted by molar-refractivity contribution is 5.84. The summed E-state index contributed by atoms with van der Waals surface area (Å²) in [4.78, 5) is 15.0. The average Bonchev–Trinajstić information content (AvgIpc) is 3.12. The Kier molecular flexibility index (Phi) is 6.06. The Morgan fingerprint density at radius 1 is 1.04 bits per heavy atom. The lowest BCUT2D eigenvalue weighted by molar-refractivity contribution is -0.139. The van der Waals surface area contributed by atoms with Crippen LogP contribution in [0.3, 0.4) is 0 Å². The molecule has 2 aromatic carbocycles. The quantitative estimate of drug-likeness (QED) is 0.525. The van der Waals surface area contributed by atoms with Crippen LogP contribution in [0.1, 0.15) is 11.1 Å². The van der Waals surface area contributed by atoms with Crippen LogP contribution in [-0.2, 0) is 17.8 Å². The lowest BCUT2D eigenvalue weighted by Gasteiger charge is -2.18. The third-order valence-electron chi connectivity index (χ3n) is 4.72. The second-order valence-corrected chi connectivity index (χ2v) is 6.33. The molecule has 0 fully saturated rings. The second-order valence-electron chi connectivity index (χ2n) is 6.33. The van der Waals surface area contributed by atoms with Crippen molar-refractivity contribution in [3.63, 3.8) is 0 Å². The van der Waals surface area contributed by atoms with Gasteiger partial charge in [-0.05, 0) is 17.7 Å². The Morgan fingerprint density at radius 3 is 2.46 bits per heavy atom. The first-order chi connectivity index (χ1) is 13.6. The number of H-pyrrole nitrogens is 1. The molecule has 28 heavy (non-hydrogen) atoms. The highest BCUT2D eigenvalue weighted by Crippen LogP contribution is 2.39. The van der Waals surface area contributed by atoms with Gasteiger partial charge in [-0.2, -0.15) is 0 Å². The molecule has 0 radical (unpaired) electrons. The summed E-state index contributed by atoms with van der Waals surface area (Å²) in [6.45, 7) is 0.308. The van der Waals surface area contributed by atoms with Crippen molar-refractivity contribution in [2.75, 3.05) is 21.3 Å². The second kappa shape index (κ2) is 8.67. The number of carboxylic acid groups (broad SMARTS) is 1. The first-order valence-corrected chi connectivity index (χ1v) is 8.88. The minimum absolute atomic E-state index is 0.308. The smallest absolute Gasteiger partial charge is 0.321 e. The summed E-state index contributed by atoms with van der Waals surface area (Å²) in [5.74, 6) is 0.639. The van der Waals surface area contributed by atoms with Gasteiger partial charge in [0.1, 0.15) is 6.04 Å². The number of hydrogen-bond acceptors (Lipinski definition) is 5. The molecule has 1 atom stereocenters. The van der Waals surface area contributed by atoms with Crippen molar-refractivity contribution in [1.82, 2.24) is 10.3 Å². The van der Waals surface area contributed by atoms with Crippen molar-refractivity contribution in [3.05, 3.63) is 53.7 Å². The molecule has 1 aromatic heterocycles. The predicted octanol–water partition coefficient (Wildman–Crippen LogP) is 2.98. The Labute approximate surface area is 163 Å².